The average molecular weight is 644 g/mol. The largest absolute Gasteiger partial charge is 0.362 e. The van der Waals surface area contributed by atoms with Crippen LogP contribution in [0.25, 0.3) is 0 Å². The highest BCUT2D eigenvalue weighted by molar-refractivity contribution is 7.90. The molecule has 3 aromatic heterocycles. The van der Waals surface area contributed by atoms with Crippen LogP contribution in [0, 0.1) is 11.3 Å². The third-order valence-electron chi connectivity index (χ3n) is 10.5. The SMILES string of the molecule is CC(C)(C)c1ccc2c(n1)N1CC3(CC3CC(c3cc(C4CCNCC4)ccn3)Nc3cccc(n3)S(=O)(=O)NC2=O)CC1(C)C. The Balaban J connectivity index is 1.32. The average Bonchev–Trinajstić information content (AvgIpc) is 3.59. The van der Waals surface area contributed by atoms with E-state index in [1.54, 1.807) is 18.2 Å². The van der Waals surface area contributed by atoms with Gasteiger partial charge in [0.15, 0.2) is 5.03 Å². The maximum Gasteiger partial charge on any atom is 0.281 e. The van der Waals surface area contributed by atoms with E-state index in [0.717, 1.165) is 63.1 Å². The van der Waals surface area contributed by atoms with E-state index >= 15 is 0 Å². The number of piperidine rings is 1. The molecule has 3 unspecified atom stereocenters. The highest BCUT2D eigenvalue weighted by Crippen LogP contribution is 2.65. The van der Waals surface area contributed by atoms with Gasteiger partial charge in [0.1, 0.15) is 11.6 Å². The molecule has 10 nitrogen and oxygen atoms in total. The Hall–Kier alpha value is -3.57. The molecule has 0 radical (unpaired) electrons. The molecule has 4 aliphatic rings. The fraction of sp³-hybridized carbons (Fsp3) is 0.543. The number of fused-ring (bicyclic) bond motifs is 5. The normalized spacial score (nSPS) is 27.3. The number of carbonyl (C=O) groups is 1. The van der Waals surface area contributed by atoms with Crippen LogP contribution < -0.4 is 20.3 Å². The summed E-state index contributed by atoms with van der Waals surface area (Å²) >= 11 is 0. The van der Waals surface area contributed by atoms with E-state index in [0.29, 0.717) is 23.5 Å². The van der Waals surface area contributed by atoms with Crippen molar-refractivity contribution in [3.8, 4) is 0 Å². The molecule has 1 spiro atoms. The lowest BCUT2D eigenvalue weighted by Gasteiger charge is -2.34. The molecule has 11 heteroatoms. The number of nitrogens with one attached hydrogen (secondary N) is 3. The smallest absolute Gasteiger partial charge is 0.281 e. The number of anilines is 2. The van der Waals surface area contributed by atoms with E-state index < -0.39 is 15.9 Å². The van der Waals surface area contributed by atoms with Crippen molar-refractivity contribution in [3.05, 3.63) is 71.2 Å². The van der Waals surface area contributed by atoms with Crippen molar-refractivity contribution in [1.29, 1.82) is 0 Å². The number of pyridine rings is 3. The first-order valence-corrected chi connectivity index (χ1v) is 18.0. The monoisotopic (exact) mass is 643 g/mol. The Labute approximate surface area is 272 Å². The zero-order valence-corrected chi connectivity index (χ0v) is 28.2. The molecule has 4 bridgehead atoms. The summed E-state index contributed by atoms with van der Waals surface area (Å²) in [4.78, 5) is 30.4. The second kappa shape index (κ2) is 11.0. The summed E-state index contributed by atoms with van der Waals surface area (Å²) in [5, 5.41) is 6.81. The van der Waals surface area contributed by atoms with Crippen LogP contribution in [0.1, 0.15) is 106 Å². The van der Waals surface area contributed by atoms with Crippen molar-refractivity contribution in [3.63, 3.8) is 0 Å². The van der Waals surface area contributed by atoms with Gasteiger partial charge in [0, 0.05) is 29.4 Å². The number of nitrogens with zero attached hydrogens (tertiary/aromatic N) is 4. The molecule has 3 fully saturated rings. The molecule has 6 heterocycles. The van der Waals surface area contributed by atoms with Crippen LogP contribution in [0.3, 0.4) is 0 Å². The summed E-state index contributed by atoms with van der Waals surface area (Å²) in [6.45, 7) is 13.5. The molecule has 1 amide bonds. The van der Waals surface area contributed by atoms with Gasteiger partial charge in [-0.05, 0) is 118 Å². The van der Waals surface area contributed by atoms with E-state index in [1.807, 2.05) is 12.3 Å². The molecule has 3 atom stereocenters. The van der Waals surface area contributed by atoms with E-state index in [9.17, 15) is 13.2 Å². The van der Waals surface area contributed by atoms with Gasteiger partial charge in [-0.1, -0.05) is 26.8 Å². The molecular weight excluding hydrogens is 598 g/mol. The second-order valence-corrected chi connectivity index (χ2v) is 17.1. The zero-order chi connectivity index (χ0) is 32.5. The summed E-state index contributed by atoms with van der Waals surface area (Å²) in [5.41, 5.74) is 2.86. The lowest BCUT2D eigenvalue weighted by atomic mass is 9.88. The third-order valence-corrected chi connectivity index (χ3v) is 11.8. The van der Waals surface area contributed by atoms with Crippen LogP contribution in [0.4, 0.5) is 11.6 Å². The van der Waals surface area contributed by atoms with Crippen LogP contribution in [0.5, 0.6) is 0 Å². The standard InChI is InChI=1S/C35H45N7O3S/c1-33(2,3)28-10-9-25-31(39-28)42-21-35(20-34(42,4)5)19-24(35)18-27(26-17-23(13-16-37-26)22-11-14-36-15-12-22)38-29-7-6-8-30(40-29)46(44,45)41-32(25)43/h6-10,13,16-17,22,24,27,36H,11-12,14-15,18-21H2,1-5H3,(H,38,40)(H,41,43). The minimum atomic E-state index is -4.28. The molecule has 1 aliphatic carbocycles. The highest BCUT2D eigenvalue weighted by atomic mass is 32.2. The van der Waals surface area contributed by atoms with Crippen molar-refractivity contribution in [2.45, 2.75) is 94.7 Å². The fourth-order valence-electron chi connectivity index (χ4n) is 7.98. The Morgan fingerprint density at radius 2 is 1.80 bits per heavy atom. The molecule has 2 saturated heterocycles. The van der Waals surface area contributed by atoms with Crippen molar-refractivity contribution in [2.75, 3.05) is 29.9 Å². The van der Waals surface area contributed by atoms with Crippen LogP contribution in [-0.4, -0.2) is 54.5 Å². The zero-order valence-electron chi connectivity index (χ0n) is 27.4. The summed E-state index contributed by atoms with van der Waals surface area (Å²) in [6, 6.07) is 12.6. The lowest BCUT2D eigenvalue weighted by molar-refractivity contribution is 0.0981. The topological polar surface area (TPSA) is 129 Å². The number of amides is 1. The van der Waals surface area contributed by atoms with Crippen molar-refractivity contribution >= 4 is 27.6 Å². The molecule has 46 heavy (non-hydrogen) atoms. The van der Waals surface area contributed by atoms with E-state index in [-0.39, 0.29) is 33.0 Å². The number of carbonyl (C=O) groups excluding carboxylic acids is 1. The minimum Gasteiger partial charge on any atom is -0.362 e. The summed E-state index contributed by atoms with van der Waals surface area (Å²) < 4.78 is 29.5. The molecular formula is C35H45N7O3S. The van der Waals surface area contributed by atoms with Gasteiger partial charge in [0.05, 0.1) is 17.3 Å². The number of hydrogen-bond donors (Lipinski definition) is 3. The van der Waals surface area contributed by atoms with E-state index in [4.69, 9.17) is 9.97 Å². The van der Waals surface area contributed by atoms with Gasteiger partial charge in [0.2, 0.25) is 0 Å². The fourth-order valence-corrected chi connectivity index (χ4v) is 8.92. The number of rotatable bonds is 2. The third kappa shape index (κ3) is 5.76. The van der Waals surface area contributed by atoms with Crippen molar-refractivity contribution in [1.82, 2.24) is 25.0 Å². The van der Waals surface area contributed by atoms with Gasteiger partial charge in [-0.3, -0.25) is 9.78 Å². The van der Waals surface area contributed by atoms with E-state index in [1.165, 1.54) is 11.6 Å². The molecule has 244 valence electrons. The van der Waals surface area contributed by atoms with Crippen molar-refractivity contribution in [2.24, 2.45) is 11.3 Å². The first-order chi connectivity index (χ1) is 21.7. The van der Waals surface area contributed by atoms with Crippen LogP contribution >= 0.6 is 0 Å². The highest BCUT2D eigenvalue weighted by Gasteiger charge is 2.63. The Morgan fingerprint density at radius 1 is 1.02 bits per heavy atom. The van der Waals surface area contributed by atoms with Gasteiger partial charge in [-0.25, -0.2) is 14.7 Å². The van der Waals surface area contributed by atoms with Gasteiger partial charge in [-0.15, -0.1) is 0 Å². The quantitative estimate of drug-likeness (QED) is 0.340. The van der Waals surface area contributed by atoms with Crippen molar-refractivity contribution < 1.29 is 13.2 Å². The molecule has 1 saturated carbocycles. The maximum atomic E-state index is 13.8. The van der Waals surface area contributed by atoms with Crippen LogP contribution in [-0.2, 0) is 15.4 Å². The molecule has 3 aliphatic heterocycles. The Morgan fingerprint density at radius 3 is 2.57 bits per heavy atom. The van der Waals surface area contributed by atoms with Gasteiger partial charge in [-0.2, -0.15) is 8.42 Å². The Kier molecular flexibility index (Phi) is 7.43. The number of aromatic nitrogens is 3. The molecule has 3 N–H and O–H groups in total. The number of hydrogen-bond acceptors (Lipinski definition) is 9. The summed E-state index contributed by atoms with van der Waals surface area (Å²) in [6.07, 6.45) is 6.96. The van der Waals surface area contributed by atoms with Gasteiger partial charge < -0.3 is 15.5 Å². The predicted molar refractivity (Wildman–Crippen MR) is 178 cm³/mol. The molecule has 0 aromatic carbocycles. The predicted octanol–water partition coefficient (Wildman–Crippen LogP) is 5.31. The molecule has 3 aromatic rings. The second-order valence-electron chi connectivity index (χ2n) is 15.4. The Bertz CT molecular complexity index is 1780. The lowest BCUT2D eigenvalue weighted by Crippen LogP contribution is -2.41. The first-order valence-electron chi connectivity index (χ1n) is 16.5. The first kappa shape index (κ1) is 31.1. The molecule has 7 rings (SSSR count). The van der Waals surface area contributed by atoms with Gasteiger partial charge >= 0.3 is 0 Å². The minimum absolute atomic E-state index is 0.0603. The van der Waals surface area contributed by atoms with Crippen LogP contribution in [0.2, 0.25) is 0 Å². The summed E-state index contributed by atoms with van der Waals surface area (Å²) in [7, 11) is -4.28. The summed E-state index contributed by atoms with van der Waals surface area (Å²) in [5.74, 6) is 1.17. The number of sulfonamides is 1. The van der Waals surface area contributed by atoms with Crippen LogP contribution in [0.15, 0.2) is 53.7 Å². The van der Waals surface area contributed by atoms with Gasteiger partial charge in [0.25, 0.3) is 15.9 Å². The van der Waals surface area contributed by atoms with E-state index in [2.05, 4.69) is 72.0 Å². The maximum absolute atomic E-state index is 13.8.